The second-order valence-corrected chi connectivity index (χ2v) is 6.26. The van der Waals surface area contributed by atoms with Gasteiger partial charge < -0.3 is 10.4 Å². The summed E-state index contributed by atoms with van der Waals surface area (Å²) in [6.45, 7) is 7.46. The normalized spacial score (nSPS) is 13.1. The summed E-state index contributed by atoms with van der Waals surface area (Å²) >= 11 is 6.68. The van der Waals surface area contributed by atoms with E-state index in [9.17, 15) is 5.11 Å². The molecule has 1 unspecified atom stereocenters. The highest BCUT2D eigenvalue weighted by Crippen LogP contribution is 2.33. The van der Waals surface area contributed by atoms with Gasteiger partial charge in [-0.2, -0.15) is 0 Å². The third-order valence-electron chi connectivity index (χ3n) is 2.89. The van der Waals surface area contributed by atoms with Crippen LogP contribution in [-0.4, -0.2) is 11.1 Å². The fraction of sp³-hybridized carbons (Fsp3) is 0.538. The maximum absolute atomic E-state index is 9.63. The number of rotatable bonds is 5. The summed E-state index contributed by atoms with van der Waals surface area (Å²) in [5.74, 6) is 0.883. The van der Waals surface area contributed by atoms with Crippen LogP contribution in [0, 0.1) is 5.92 Å². The third kappa shape index (κ3) is 4.27. The monoisotopic (exact) mass is 363 g/mol. The molecule has 1 aromatic rings. The number of halogens is 2. The van der Waals surface area contributed by atoms with Gasteiger partial charge >= 0.3 is 0 Å². The molecule has 1 aromatic carbocycles. The van der Waals surface area contributed by atoms with E-state index in [1.165, 1.54) is 0 Å². The SMILES string of the molecule is CCC(NCc1cc(Br)c(O)c(Br)c1)C(C)C. The van der Waals surface area contributed by atoms with Crippen LogP contribution in [0.4, 0.5) is 0 Å². The minimum absolute atomic E-state index is 0.254. The molecule has 0 saturated carbocycles. The van der Waals surface area contributed by atoms with Crippen LogP contribution in [-0.2, 0) is 6.54 Å². The zero-order valence-electron chi connectivity index (χ0n) is 10.4. The lowest BCUT2D eigenvalue weighted by molar-refractivity contribution is 0.387. The number of benzene rings is 1. The zero-order chi connectivity index (χ0) is 13.0. The smallest absolute Gasteiger partial charge is 0.143 e. The van der Waals surface area contributed by atoms with Crippen LogP contribution in [0.15, 0.2) is 21.1 Å². The van der Waals surface area contributed by atoms with Crippen LogP contribution >= 0.6 is 31.9 Å². The molecule has 0 spiro atoms. The van der Waals surface area contributed by atoms with Gasteiger partial charge in [-0.3, -0.25) is 0 Å². The Balaban J connectivity index is 2.69. The maximum atomic E-state index is 9.63. The van der Waals surface area contributed by atoms with Crippen LogP contribution in [0.25, 0.3) is 0 Å². The van der Waals surface area contributed by atoms with Crippen molar-refractivity contribution in [1.29, 1.82) is 0 Å². The number of phenols is 1. The fourth-order valence-electron chi connectivity index (χ4n) is 1.82. The second-order valence-electron chi connectivity index (χ2n) is 4.55. The molecule has 0 fully saturated rings. The van der Waals surface area contributed by atoms with Crippen LogP contribution in [0.5, 0.6) is 5.75 Å². The van der Waals surface area contributed by atoms with Crippen molar-refractivity contribution in [2.75, 3.05) is 0 Å². The van der Waals surface area contributed by atoms with Gasteiger partial charge in [0.15, 0.2) is 0 Å². The molecule has 0 amide bonds. The largest absolute Gasteiger partial charge is 0.506 e. The highest BCUT2D eigenvalue weighted by molar-refractivity contribution is 9.11. The zero-order valence-corrected chi connectivity index (χ0v) is 13.6. The Morgan fingerprint density at radius 3 is 2.18 bits per heavy atom. The summed E-state index contributed by atoms with van der Waals surface area (Å²) in [5.41, 5.74) is 1.15. The van der Waals surface area contributed by atoms with Gasteiger partial charge in [0.1, 0.15) is 5.75 Å². The van der Waals surface area contributed by atoms with E-state index in [-0.39, 0.29) is 5.75 Å². The quantitative estimate of drug-likeness (QED) is 0.809. The van der Waals surface area contributed by atoms with Crippen molar-refractivity contribution >= 4 is 31.9 Å². The van der Waals surface area contributed by atoms with E-state index >= 15 is 0 Å². The molecular formula is C13H19Br2NO. The third-order valence-corrected chi connectivity index (χ3v) is 4.10. The highest BCUT2D eigenvalue weighted by Gasteiger charge is 2.11. The fourth-order valence-corrected chi connectivity index (χ4v) is 3.10. The molecule has 0 aliphatic heterocycles. The Morgan fingerprint density at radius 1 is 1.24 bits per heavy atom. The predicted octanol–water partition coefficient (Wildman–Crippen LogP) is 4.44. The van der Waals surface area contributed by atoms with Gasteiger partial charge in [-0.1, -0.05) is 20.8 Å². The van der Waals surface area contributed by atoms with Gasteiger partial charge in [-0.25, -0.2) is 0 Å². The first-order valence-corrected chi connectivity index (χ1v) is 7.44. The number of hydrogen-bond donors (Lipinski definition) is 2. The lowest BCUT2D eigenvalue weighted by Gasteiger charge is -2.21. The molecule has 0 heterocycles. The first kappa shape index (κ1) is 15.0. The standard InChI is InChI=1S/C13H19Br2NO/c1-4-12(8(2)3)16-7-9-5-10(14)13(17)11(15)6-9/h5-6,8,12,16-17H,4,7H2,1-3H3. The van der Waals surface area contributed by atoms with Crippen molar-refractivity contribution < 1.29 is 5.11 Å². The van der Waals surface area contributed by atoms with E-state index in [1.807, 2.05) is 12.1 Å². The highest BCUT2D eigenvalue weighted by atomic mass is 79.9. The van der Waals surface area contributed by atoms with Crippen molar-refractivity contribution in [2.45, 2.75) is 39.8 Å². The summed E-state index contributed by atoms with van der Waals surface area (Å²) in [4.78, 5) is 0. The van der Waals surface area contributed by atoms with E-state index in [0.29, 0.717) is 12.0 Å². The van der Waals surface area contributed by atoms with E-state index in [4.69, 9.17) is 0 Å². The lowest BCUT2D eigenvalue weighted by Crippen LogP contribution is -2.32. The van der Waals surface area contributed by atoms with Crippen molar-refractivity contribution in [3.8, 4) is 5.75 Å². The Morgan fingerprint density at radius 2 is 1.76 bits per heavy atom. The van der Waals surface area contributed by atoms with Gasteiger partial charge in [0.2, 0.25) is 0 Å². The van der Waals surface area contributed by atoms with Crippen molar-refractivity contribution in [3.05, 3.63) is 26.6 Å². The Labute approximate surface area is 120 Å². The number of aromatic hydroxyl groups is 1. The van der Waals surface area contributed by atoms with Crippen LogP contribution in [0.2, 0.25) is 0 Å². The molecule has 0 saturated heterocycles. The Bertz CT molecular complexity index is 357. The second kappa shape index (κ2) is 6.76. The summed E-state index contributed by atoms with van der Waals surface area (Å²) in [7, 11) is 0. The maximum Gasteiger partial charge on any atom is 0.143 e. The number of nitrogens with one attached hydrogen (secondary N) is 1. The molecule has 0 radical (unpaired) electrons. The number of hydrogen-bond acceptors (Lipinski definition) is 2. The van der Waals surface area contributed by atoms with Crippen molar-refractivity contribution in [3.63, 3.8) is 0 Å². The Hall–Kier alpha value is -0.0600. The minimum atomic E-state index is 0.254. The lowest BCUT2D eigenvalue weighted by atomic mass is 10.0. The molecular weight excluding hydrogens is 346 g/mol. The molecule has 2 nitrogen and oxygen atoms in total. The van der Waals surface area contributed by atoms with E-state index in [0.717, 1.165) is 27.5 Å². The Kier molecular flexibility index (Phi) is 5.97. The van der Waals surface area contributed by atoms with Gasteiger partial charge in [0, 0.05) is 12.6 Å². The number of phenolic OH excluding ortho intramolecular Hbond substituents is 1. The van der Waals surface area contributed by atoms with E-state index < -0.39 is 0 Å². The van der Waals surface area contributed by atoms with E-state index in [2.05, 4.69) is 57.9 Å². The minimum Gasteiger partial charge on any atom is -0.506 e. The van der Waals surface area contributed by atoms with Crippen molar-refractivity contribution in [2.24, 2.45) is 5.92 Å². The molecule has 1 rings (SSSR count). The van der Waals surface area contributed by atoms with Gasteiger partial charge in [-0.15, -0.1) is 0 Å². The summed E-state index contributed by atoms with van der Waals surface area (Å²) < 4.78 is 1.45. The first-order chi connectivity index (χ1) is 7.95. The molecule has 0 bridgehead atoms. The average molecular weight is 365 g/mol. The van der Waals surface area contributed by atoms with Crippen LogP contribution < -0.4 is 5.32 Å². The molecule has 1 atom stereocenters. The predicted molar refractivity (Wildman–Crippen MR) is 79.3 cm³/mol. The molecule has 2 N–H and O–H groups in total. The molecule has 96 valence electrons. The molecule has 4 heteroatoms. The van der Waals surface area contributed by atoms with Gasteiger partial charge in [0.05, 0.1) is 8.95 Å². The summed E-state index contributed by atoms with van der Waals surface area (Å²) in [6.07, 6.45) is 1.12. The van der Waals surface area contributed by atoms with Gasteiger partial charge in [0.25, 0.3) is 0 Å². The first-order valence-electron chi connectivity index (χ1n) is 5.86. The van der Waals surface area contributed by atoms with Crippen LogP contribution in [0.1, 0.15) is 32.8 Å². The molecule has 0 aliphatic rings. The molecule has 0 aromatic heterocycles. The molecule has 17 heavy (non-hydrogen) atoms. The summed E-state index contributed by atoms with van der Waals surface area (Å²) in [5, 5.41) is 13.2. The summed E-state index contributed by atoms with van der Waals surface area (Å²) in [6, 6.07) is 4.42. The molecule has 0 aliphatic carbocycles. The van der Waals surface area contributed by atoms with E-state index in [1.54, 1.807) is 0 Å². The topological polar surface area (TPSA) is 32.3 Å². The van der Waals surface area contributed by atoms with Gasteiger partial charge in [-0.05, 0) is 61.9 Å². The van der Waals surface area contributed by atoms with Crippen molar-refractivity contribution in [1.82, 2.24) is 5.32 Å². The average Bonchev–Trinajstić information content (AvgIpc) is 2.26. The van der Waals surface area contributed by atoms with Crippen LogP contribution in [0.3, 0.4) is 0 Å².